The number of urea groups is 1. The van der Waals surface area contributed by atoms with Crippen LogP contribution in [0.4, 0.5) is 10.5 Å². The molecule has 1 N–H and O–H groups in total. The van der Waals surface area contributed by atoms with Gasteiger partial charge in [-0.3, -0.25) is 15.0 Å². The number of hydrogen-bond acceptors (Lipinski definition) is 4. The fourth-order valence-electron chi connectivity index (χ4n) is 3.78. The first kappa shape index (κ1) is 20.9. The van der Waals surface area contributed by atoms with Crippen LogP contribution < -0.4 is 15.0 Å². The summed E-state index contributed by atoms with van der Waals surface area (Å²) < 4.78 is 7.72. The second-order valence-corrected chi connectivity index (χ2v) is 6.68. The number of fused-ring (bicyclic) bond motifs is 1. The maximum absolute atomic E-state index is 11.9. The Bertz CT molecular complexity index is 1160. The Labute approximate surface area is 175 Å². The van der Waals surface area contributed by atoms with E-state index in [0.717, 1.165) is 27.9 Å². The van der Waals surface area contributed by atoms with E-state index in [9.17, 15) is 14.9 Å². The van der Waals surface area contributed by atoms with E-state index in [1.165, 1.54) is 4.90 Å². The highest BCUT2D eigenvalue weighted by atomic mass is 16.5. The van der Waals surface area contributed by atoms with Crippen LogP contribution in [0.25, 0.3) is 22.2 Å². The molecule has 0 atom stereocenters. The molecular weight excluding hydrogens is 380 g/mol. The Kier molecular flexibility index (Phi) is 5.79. The van der Waals surface area contributed by atoms with Gasteiger partial charge in [0.1, 0.15) is 18.4 Å². The third-order valence-corrected chi connectivity index (χ3v) is 5.02. The first-order valence-electron chi connectivity index (χ1n) is 9.48. The number of rotatable bonds is 5. The quantitative estimate of drug-likeness (QED) is 0.643. The van der Waals surface area contributed by atoms with Gasteiger partial charge in [0.05, 0.1) is 23.4 Å². The zero-order chi connectivity index (χ0) is 20.5. The van der Waals surface area contributed by atoms with Crippen LogP contribution in [0.2, 0.25) is 0 Å². The van der Waals surface area contributed by atoms with Crippen molar-refractivity contribution in [1.82, 2.24) is 9.88 Å². The lowest BCUT2D eigenvalue weighted by Gasteiger charge is -2.14. The SMILES string of the molecule is C.CCOc1ccc2c(C#N)c(-c3ccc(N4CC(=O)NC4=O)cc3)n(CC)c2c1. The predicted octanol–water partition coefficient (Wildman–Crippen LogP) is 4.29. The molecule has 3 aromatic rings. The molecule has 0 radical (unpaired) electrons. The molecule has 3 amide bonds. The number of nitriles is 1. The summed E-state index contributed by atoms with van der Waals surface area (Å²) in [5.74, 6) is 0.449. The van der Waals surface area contributed by atoms with Crippen LogP contribution >= 0.6 is 0 Å². The van der Waals surface area contributed by atoms with Gasteiger partial charge in [-0.05, 0) is 43.7 Å². The number of amides is 3. The summed E-state index contributed by atoms with van der Waals surface area (Å²) in [6.07, 6.45) is 0. The average molecular weight is 404 g/mol. The van der Waals surface area contributed by atoms with Crippen molar-refractivity contribution in [3.05, 3.63) is 48.0 Å². The number of imide groups is 1. The number of nitrogens with zero attached hydrogens (tertiary/aromatic N) is 3. The average Bonchev–Trinajstić information content (AvgIpc) is 3.23. The molecule has 0 bridgehead atoms. The number of nitrogens with one attached hydrogen (secondary N) is 1. The highest BCUT2D eigenvalue weighted by molar-refractivity contribution is 6.12. The number of ether oxygens (including phenoxy) is 1. The minimum absolute atomic E-state index is 0. The molecule has 0 aliphatic carbocycles. The van der Waals surface area contributed by atoms with E-state index in [2.05, 4.69) is 16.0 Å². The lowest BCUT2D eigenvalue weighted by Crippen LogP contribution is -2.27. The molecule has 1 fully saturated rings. The van der Waals surface area contributed by atoms with Gasteiger partial charge in [0.2, 0.25) is 5.91 Å². The van der Waals surface area contributed by atoms with Crippen molar-refractivity contribution in [2.75, 3.05) is 18.1 Å². The fraction of sp³-hybridized carbons (Fsp3) is 0.261. The fourth-order valence-corrected chi connectivity index (χ4v) is 3.78. The Balaban J connectivity index is 0.00000256. The molecule has 4 rings (SSSR count). The molecule has 2 aromatic carbocycles. The number of aryl methyl sites for hydroxylation is 1. The molecule has 154 valence electrons. The van der Waals surface area contributed by atoms with Crippen molar-refractivity contribution in [3.63, 3.8) is 0 Å². The molecule has 1 aliphatic heterocycles. The van der Waals surface area contributed by atoms with E-state index < -0.39 is 6.03 Å². The summed E-state index contributed by atoms with van der Waals surface area (Å²) in [7, 11) is 0. The Morgan fingerprint density at radius 2 is 1.87 bits per heavy atom. The summed E-state index contributed by atoms with van der Waals surface area (Å²) in [4.78, 5) is 24.7. The van der Waals surface area contributed by atoms with Crippen LogP contribution in [0.5, 0.6) is 5.75 Å². The third-order valence-electron chi connectivity index (χ3n) is 5.02. The molecule has 1 aromatic heterocycles. The van der Waals surface area contributed by atoms with Crippen molar-refractivity contribution in [2.45, 2.75) is 27.8 Å². The first-order chi connectivity index (χ1) is 14.1. The molecular formula is C23H24N4O3. The van der Waals surface area contributed by atoms with E-state index in [1.807, 2.05) is 44.2 Å². The maximum Gasteiger partial charge on any atom is 0.329 e. The van der Waals surface area contributed by atoms with Crippen LogP contribution in [0.1, 0.15) is 26.8 Å². The molecule has 7 heteroatoms. The summed E-state index contributed by atoms with van der Waals surface area (Å²) >= 11 is 0. The molecule has 1 saturated heterocycles. The van der Waals surface area contributed by atoms with Crippen LogP contribution in [-0.4, -0.2) is 29.7 Å². The van der Waals surface area contributed by atoms with Gasteiger partial charge in [-0.1, -0.05) is 19.6 Å². The van der Waals surface area contributed by atoms with E-state index in [0.29, 0.717) is 24.4 Å². The van der Waals surface area contributed by atoms with Gasteiger partial charge >= 0.3 is 6.03 Å². The van der Waals surface area contributed by atoms with Crippen LogP contribution in [0.3, 0.4) is 0 Å². The summed E-state index contributed by atoms with van der Waals surface area (Å²) in [6.45, 7) is 5.24. The van der Waals surface area contributed by atoms with E-state index >= 15 is 0 Å². The highest BCUT2D eigenvalue weighted by Crippen LogP contribution is 2.36. The van der Waals surface area contributed by atoms with Gasteiger partial charge in [0, 0.05) is 23.7 Å². The lowest BCUT2D eigenvalue weighted by atomic mass is 10.1. The predicted molar refractivity (Wildman–Crippen MR) is 117 cm³/mol. The topological polar surface area (TPSA) is 87.4 Å². The Morgan fingerprint density at radius 1 is 1.13 bits per heavy atom. The molecule has 0 saturated carbocycles. The largest absolute Gasteiger partial charge is 0.494 e. The third kappa shape index (κ3) is 3.37. The van der Waals surface area contributed by atoms with Gasteiger partial charge < -0.3 is 9.30 Å². The van der Waals surface area contributed by atoms with Crippen molar-refractivity contribution < 1.29 is 14.3 Å². The van der Waals surface area contributed by atoms with Crippen LogP contribution in [-0.2, 0) is 11.3 Å². The Hall–Kier alpha value is -3.79. The van der Waals surface area contributed by atoms with Crippen molar-refractivity contribution in [3.8, 4) is 23.1 Å². The number of hydrogen-bond donors (Lipinski definition) is 1. The lowest BCUT2D eigenvalue weighted by molar-refractivity contribution is -0.117. The number of carbonyl (C=O) groups excluding carboxylic acids is 2. The van der Waals surface area contributed by atoms with Gasteiger partial charge in [-0.15, -0.1) is 0 Å². The van der Waals surface area contributed by atoms with Gasteiger partial charge in [-0.25, -0.2) is 4.79 Å². The standard InChI is InChI=1S/C22H20N4O3.CH4/c1-3-25-19-11-16(29-4-2)9-10-17(19)18(12-23)21(25)14-5-7-15(8-6-14)26-13-20(27)24-22(26)28;/h5-11H,3-4,13H2,1-2H3,(H,24,27,28);1H4. The molecule has 0 spiro atoms. The first-order valence-corrected chi connectivity index (χ1v) is 9.48. The second kappa shape index (κ2) is 8.29. The van der Waals surface area contributed by atoms with Gasteiger partial charge in [-0.2, -0.15) is 5.26 Å². The van der Waals surface area contributed by atoms with Crippen molar-refractivity contribution >= 4 is 28.5 Å². The smallest absolute Gasteiger partial charge is 0.329 e. The van der Waals surface area contributed by atoms with E-state index in [4.69, 9.17) is 4.74 Å². The monoisotopic (exact) mass is 404 g/mol. The second-order valence-electron chi connectivity index (χ2n) is 6.68. The number of anilines is 1. The molecule has 7 nitrogen and oxygen atoms in total. The zero-order valence-electron chi connectivity index (χ0n) is 16.2. The van der Waals surface area contributed by atoms with Gasteiger partial charge in [0.15, 0.2) is 0 Å². The minimum atomic E-state index is -0.424. The zero-order valence-corrected chi connectivity index (χ0v) is 16.2. The number of aromatic nitrogens is 1. The van der Waals surface area contributed by atoms with Crippen LogP contribution in [0.15, 0.2) is 42.5 Å². The molecule has 30 heavy (non-hydrogen) atoms. The maximum atomic E-state index is 11.9. The van der Waals surface area contributed by atoms with Crippen molar-refractivity contribution in [2.24, 2.45) is 0 Å². The van der Waals surface area contributed by atoms with Gasteiger partial charge in [0.25, 0.3) is 0 Å². The summed E-state index contributed by atoms with van der Waals surface area (Å²) in [6, 6.07) is 15.0. The van der Waals surface area contributed by atoms with E-state index in [1.54, 1.807) is 12.1 Å². The highest BCUT2D eigenvalue weighted by Gasteiger charge is 2.28. The molecule has 0 unspecified atom stereocenters. The normalized spacial score (nSPS) is 13.2. The molecule has 1 aliphatic rings. The van der Waals surface area contributed by atoms with E-state index in [-0.39, 0.29) is 19.9 Å². The van der Waals surface area contributed by atoms with Crippen LogP contribution in [0, 0.1) is 11.3 Å². The number of carbonyl (C=O) groups is 2. The molecule has 2 heterocycles. The summed E-state index contributed by atoms with van der Waals surface area (Å²) in [5, 5.41) is 13.0. The Morgan fingerprint density at radius 3 is 2.43 bits per heavy atom. The minimum Gasteiger partial charge on any atom is -0.494 e. The number of benzene rings is 2. The van der Waals surface area contributed by atoms with Crippen molar-refractivity contribution in [1.29, 1.82) is 5.26 Å². The summed E-state index contributed by atoms with van der Waals surface area (Å²) in [5.41, 5.74) is 3.87.